The number of thiophene rings is 1. The highest BCUT2D eigenvalue weighted by molar-refractivity contribution is 7.99. The van der Waals surface area contributed by atoms with E-state index in [0.29, 0.717) is 28.9 Å². The lowest BCUT2D eigenvalue weighted by Crippen LogP contribution is -2.29. The van der Waals surface area contributed by atoms with Crippen molar-refractivity contribution in [2.24, 2.45) is 5.10 Å². The Morgan fingerprint density at radius 1 is 0.979 bits per heavy atom. The van der Waals surface area contributed by atoms with Gasteiger partial charge in [-0.3, -0.25) is 14.2 Å². The standard InChI is InChI=1S/C36H36N6O4S2/c1-23-15-16-24(2)28(18-23)41-32(21-37-33(43)19-25-10-6-5-7-11-25)38-39-36(41)48-22-34(44)42-29(20-27(40-42)31-14-9-17-47-31)26-12-8-13-30(45-3)35(26)46-4/h5-18,29H,19-22H2,1-4H3,(H,37,43)/t29-/m0/s1. The van der Waals surface area contributed by atoms with E-state index in [4.69, 9.17) is 14.6 Å². The highest BCUT2D eigenvalue weighted by atomic mass is 32.2. The van der Waals surface area contributed by atoms with Gasteiger partial charge in [0, 0.05) is 12.0 Å². The van der Waals surface area contributed by atoms with Gasteiger partial charge in [0.2, 0.25) is 5.91 Å². The number of nitrogens with one attached hydrogen (secondary N) is 1. The molecule has 5 aromatic rings. The summed E-state index contributed by atoms with van der Waals surface area (Å²) >= 11 is 2.87. The van der Waals surface area contributed by atoms with Crippen LogP contribution >= 0.6 is 23.1 Å². The molecule has 12 heteroatoms. The number of aryl methyl sites for hydroxylation is 2. The van der Waals surface area contributed by atoms with Crippen molar-refractivity contribution in [1.82, 2.24) is 25.1 Å². The molecule has 0 radical (unpaired) electrons. The zero-order valence-corrected chi connectivity index (χ0v) is 28.8. The second-order valence-corrected chi connectivity index (χ2v) is 13.2. The number of hydrogen-bond donors (Lipinski definition) is 1. The monoisotopic (exact) mass is 680 g/mol. The molecular weight excluding hydrogens is 645 g/mol. The summed E-state index contributed by atoms with van der Waals surface area (Å²) in [5.41, 5.74) is 5.55. The number of carbonyl (C=O) groups excluding carboxylic acids is 2. The van der Waals surface area contributed by atoms with Crippen LogP contribution in [0.25, 0.3) is 5.69 Å². The van der Waals surface area contributed by atoms with Crippen molar-refractivity contribution in [3.05, 3.63) is 117 Å². The number of ether oxygens (including phenoxy) is 2. The molecule has 0 saturated heterocycles. The molecule has 0 bridgehead atoms. The van der Waals surface area contributed by atoms with E-state index in [1.165, 1.54) is 11.8 Å². The summed E-state index contributed by atoms with van der Waals surface area (Å²) in [7, 11) is 3.19. The third-order valence-electron chi connectivity index (χ3n) is 8.05. The first-order chi connectivity index (χ1) is 23.4. The molecule has 1 atom stereocenters. The van der Waals surface area contributed by atoms with Gasteiger partial charge in [0.1, 0.15) is 0 Å². The van der Waals surface area contributed by atoms with Crippen LogP contribution in [0.1, 0.15) is 45.4 Å². The molecule has 1 aliphatic heterocycles. The van der Waals surface area contributed by atoms with E-state index in [1.807, 2.05) is 96.6 Å². The third-order valence-corrected chi connectivity index (χ3v) is 9.88. The predicted octanol–water partition coefficient (Wildman–Crippen LogP) is 6.29. The van der Waals surface area contributed by atoms with E-state index in [1.54, 1.807) is 30.6 Å². The molecule has 3 heterocycles. The van der Waals surface area contributed by atoms with Crippen molar-refractivity contribution in [3.8, 4) is 17.2 Å². The third kappa shape index (κ3) is 7.14. The lowest BCUT2D eigenvalue weighted by molar-refractivity contribution is -0.130. The quantitative estimate of drug-likeness (QED) is 0.154. The number of rotatable bonds is 12. The summed E-state index contributed by atoms with van der Waals surface area (Å²) in [4.78, 5) is 27.9. The highest BCUT2D eigenvalue weighted by Crippen LogP contribution is 2.42. The molecule has 10 nitrogen and oxygen atoms in total. The Morgan fingerprint density at radius 3 is 2.56 bits per heavy atom. The van der Waals surface area contributed by atoms with Gasteiger partial charge < -0.3 is 14.8 Å². The Bertz CT molecular complexity index is 1940. The number of thioether (sulfide) groups is 1. The fraction of sp³-hybridized carbons (Fsp3) is 0.250. The summed E-state index contributed by atoms with van der Waals surface area (Å²) in [6.07, 6.45) is 0.795. The van der Waals surface area contributed by atoms with E-state index in [0.717, 1.165) is 38.5 Å². The van der Waals surface area contributed by atoms with Crippen LogP contribution in [-0.2, 0) is 22.6 Å². The fourth-order valence-corrected chi connectivity index (χ4v) is 7.21. The van der Waals surface area contributed by atoms with Gasteiger partial charge in [-0.1, -0.05) is 72.4 Å². The van der Waals surface area contributed by atoms with Gasteiger partial charge in [0.25, 0.3) is 5.91 Å². The van der Waals surface area contributed by atoms with Crippen LogP contribution in [0.4, 0.5) is 0 Å². The lowest BCUT2D eigenvalue weighted by Gasteiger charge is -2.24. The maximum absolute atomic E-state index is 14.1. The van der Waals surface area contributed by atoms with Crippen molar-refractivity contribution in [3.63, 3.8) is 0 Å². The molecular formula is C36H36N6O4S2. The molecule has 48 heavy (non-hydrogen) atoms. The molecule has 6 rings (SSSR count). The normalized spacial score (nSPS) is 14.1. The minimum atomic E-state index is -0.382. The first-order valence-corrected chi connectivity index (χ1v) is 17.3. The molecule has 1 N–H and O–H groups in total. The number of methoxy groups -OCH3 is 2. The predicted molar refractivity (Wildman–Crippen MR) is 188 cm³/mol. The maximum atomic E-state index is 14.1. The van der Waals surface area contributed by atoms with Gasteiger partial charge in [0.15, 0.2) is 22.5 Å². The average Bonchev–Trinajstić information content (AvgIpc) is 3.88. The first kappa shape index (κ1) is 33.0. The van der Waals surface area contributed by atoms with Gasteiger partial charge >= 0.3 is 0 Å². The first-order valence-electron chi connectivity index (χ1n) is 15.5. The fourth-order valence-electron chi connectivity index (χ4n) is 5.67. The molecule has 0 unspecified atom stereocenters. The van der Waals surface area contributed by atoms with Gasteiger partial charge in [-0.15, -0.1) is 21.5 Å². The van der Waals surface area contributed by atoms with Crippen LogP contribution in [0.15, 0.2) is 94.5 Å². The molecule has 0 aliphatic carbocycles. The molecule has 2 aromatic heterocycles. The zero-order chi connectivity index (χ0) is 33.6. The minimum Gasteiger partial charge on any atom is -0.493 e. The van der Waals surface area contributed by atoms with E-state index in [-0.39, 0.29) is 36.6 Å². The highest BCUT2D eigenvalue weighted by Gasteiger charge is 2.36. The molecule has 0 saturated carbocycles. The number of amides is 2. The van der Waals surface area contributed by atoms with E-state index in [9.17, 15) is 9.59 Å². The van der Waals surface area contributed by atoms with E-state index in [2.05, 4.69) is 21.6 Å². The van der Waals surface area contributed by atoms with Crippen molar-refractivity contribution in [2.45, 2.75) is 44.4 Å². The summed E-state index contributed by atoms with van der Waals surface area (Å²) in [5.74, 6) is 1.49. The van der Waals surface area contributed by atoms with Crippen molar-refractivity contribution < 1.29 is 19.1 Å². The second kappa shape index (κ2) is 14.9. The summed E-state index contributed by atoms with van der Waals surface area (Å²) in [6, 6.07) is 25.0. The number of hydrazone groups is 1. The molecule has 0 fully saturated rings. The zero-order valence-electron chi connectivity index (χ0n) is 27.2. The number of para-hydroxylation sites is 1. The molecule has 1 aliphatic rings. The Labute approximate surface area is 287 Å². The summed E-state index contributed by atoms with van der Waals surface area (Å²) < 4.78 is 13.2. The topological polar surface area (TPSA) is 111 Å². The second-order valence-electron chi connectivity index (χ2n) is 11.3. The van der Waals surface area contributed by atoms with Crippen LogP contribution in [0.2, 0.25) is 0 Å². The lowest BCUT2D eigenvalue weighted by atomic mass is 9.99. The molecule has 246 valence electrons. The van der Waals surface area contributed by atoms with Crippen LogP contribution in [-0.4, -0.2) is 57.3 Å². The minimum absolute atomic E-state index is 0.0629. The van der Waals surface area contributed by atoms with Crippen LogP contribution in [0.3, 0.4) is 0 Å². The Hall–Kier alpha value is -4.94. The van der Waals surface area contributed by atoms with Crippen LogP contribution in [0.5, 0.6) is 11.5 Å². The SMILES string of the molecule is COc1cccc([C@@H]2CC(c3cccs3)=NN2C(=O)CSc2nnc(CNC(=O)Cc3ccccc3)n2-c2cc(C)ccc2C)c1OC. The number of hydrogen-bond acceptors (Lipinski definition) is 9. The van der Waals surface area contributed by atoms with Gasteiger partial charge in [-0.2, -0.15) is 5.10 Å². The van der Waals surface area contributed by atoms with E-state index < -0.39 is 0 Å². The van der Waals surface area contributed by atoms with E-state index >= 15 is 0 Å². The average molecular weight is 681 g/mol. The molecule has 2 amide bonds. The summed E-state index contributed by atoms with van der Waals surface area (Å²) in [6.45, 7) is 4.22. The van der Waals surface area contributed by atoms with Gasteiger partial charge in [0.05, 0.1) is 55.3 Å². The Morgan fingerprint density at radius 2 is 1.81 bits per heavy atom. The summed E-state index contributed by atoms with van der Waals surface area (Å²) in [5, 5.41) is 20.9. The molecule has 0 spiro atoms. The van der Waals surface area contributed by atoms with Crippen molar-refractivity contribution in [1.29, 1.82) is 0 Å². The Kier molecular flexibility index (Phi) is 10.2. The smallest absolute Gasteiger partial charge is 0.253 e. The number of carbonyl (C=O) groups is 2. The van der Waals surface area contributed by atoms with Crippen molar-refractivity contribution in [2.75, 3.05) is 20.0 Å². The van der Waals surface area contributed by atoms with Crippen molar-refractivity contribution >= 4 is 40.6 Å². The molecule has 3 aromatic carbocycles. The maximum Gasteiger partial charge on any atom is 0.253 e. The largest absolute Gasteiger partial charge is 0.493 e. The number of benzene rings is 3. The van der Waals surface area contributed by atoms with Gasteiger partial charge in [-0.05, 0) is 54.1 Å². The Balaban J connectivity index is 1.26. The van der Waals surface area contributed by atoms with Gasteiger partial charge in [-0.25, -0.2) is 5.01 Å². The number of nitrogens with zero attached hydrogens (tertiary/aromatic N) is 5. The number of aromatic nitrogens is 3. The van der Waals surface area contributed by atoms with Crippen LogP contribution in [0, 0.1) is 13.8 Å². The van der Waals surface area contributed by atoms with Crippen LogP contribution < -0.4 is 14.8 Å².